The topological polar surface area (TPSA) is 177 Å². The summed E-state index contributed by atoms with van der Waals surface area (Å²) in [5.41, 5.74) is 2.58. The molecule has 18 heteroatoms. The van der Waals surface area contributed by atoms with Gasteiger partial charge in [-0.2, -0.15) is 0 Å². The smallest absolute Gasteiger partial charge is 0.343 e. The number of likely N-dealkylation sites (tertiary alicyclic amines) is 2. The van der Waals surface area contributed by atoms with E-state index in [0.717, 1.165) is 102 Å². The second-order valence-electron chi connectivity index (χ2n) is 19.4. The number of hydrogen-bond donors (Lipinski definition) is 2. The van der Waals surface area contributed by atoms with Crippen molar-refractivity contribution in [1.29, 1.82) is 0 Å². The molecule has 0 spiro atoms. The van der Waals surface area contributed by atoms with Gasteiger partial charge in [0.1, 0.15) is 23.1 Å². The van der Waals surface area contributed by atoms with Crippen LogP contribution in [-0.2, 0) is 64.1 Å². The van der Waals surface area contributed by atoms with E-state index in [2.05, 4.69) is 9.80 Å². The van der Waals surface area contributed by atoms with Crippen molar-refractivity contribution in [3.63, 3.8) is 0 Å². The van der Waals surface area contributed by atoms with E-state index in [-0.39, 0.29) is 85.5 Å². The molecule has 0 saturated carbocycles. The number of nitrogens with zero attached hydrogens (tertiary/aromatic N) is 4. The van der Waals surface area contributed by atoms with Gasteiger partial charge in [0.25, 0.3) is 0 Å². The molecule has 4 aliphatic rings. The van der Waals surface area contributed by atoms with Gasteiger partial charge in [0.15, 0.2) is 24.8 Å². The monoisotopic (exact) mass is 1030 g/mol. The third-order valence-corrected chi connectivity index (χ3v) is 14.0. The normalized spacial score (nSPS) is 18.6. The molecule has 2 amide bonds. The van der Waals surface area contributed by atoms with Crippen LogP contribution in [0.4, 0.5) is 8.78 Å². The van der Waals surface area contributed by atoms with E-state index < -0.39 is 24.1 Å². The first kappa shape index (κ1) is 54.6. The van der Waals surface area contributed by atoms with Crippen LogP contribution in [0, 0.1) is 11.6 Å². The van der Waals surface area contributed by atoms with Crippen LogP contribution in [0.25, 0.3) is 0 Å². The van der Waals surface area contributed by atoms with Crippen molar-refractivity contribution in [2.75, 3.05) is 65.7 Å². The van der Waals surface area contributed by atoms with Crippen LogP contribution in [0.15, 0.2) is 97.1 Å². The molecule has 0 bridgehead atoms. The van der Waals surface area contributed by atoms with Crippen molar-refractivity contribution in [2.24, 2.45) is 0 Å². The van der Waals surface area contributed by atoms with Gasteiger partial charge in [-0.3, -0.25) is 9.59 Å². The Balaban J connectivity index is 0.834. The summed E-state index contributed by atoms with van der Waals surface area (Å²) in [6, 6.07) is 24.4. The van der Waals surface area contributed by atoms with E-state index in [0.29, 0.717) is 37.6 Å². The molecule has 4 aliphatic heterocycles. The molecule has 16 nitrogen and oxygen atoms in total. The lowest BCUT2D eigenvalue weighted by Crippen LogP contribution is -2.48. The highest BCUT2D eigenvalue weighted by atomic mass is 19.1. The molecule has 2 atom stereocenters. The highest BCUT2D eigenvalue weighted by molar-refractivity contribution is 5.87. The molecule has 8 rings (SSSR count). The lowest BCUT2D eigenvalue weighted by atomic mass is 10.0. The number of hydrogen-bond acceptors (Lipinski definition) is 14. The van der Waals surface area contributed by atoms with Gasteiger partial charge in [-0.05, 0) is 109 Å². The van der Waals surface area contributed by atoms with E-state index >= 15 is 0 Å². The van der Waals surface area contributed by atoms with Crippen LogP contribution in [-0.4, -0.2) is 156 Å². The number of rotatable bonds is 21. The highest BCUT2D eigenvalue weighted by Crippen LogP contribution is 2.26. The third kappa shape index (κ3) is 16.2. The number of aliphatic hydroxyl groups is 2. The standard InChI is InChI=1S/C56H68F2N4O12/c57-43-13-9-39(10-14-43)37-61(45-17-23-59(24-18-45)27-21-51-69-29-3-30-70-51)49(63)35-41-5-1-7-47(33-41)73-55(67)53(65)54(66)56(68)74-48-8-2-6-42(34-48)36-50(64)62(38-40-11-15-44(58)16-12-40)46-19-25-60(26-20-46)28-22-52-71-31-4-32-72-52/h1-2,5-16,33-34,45-46,51-54,65-66H,3-4,17-32,35-38H2. The number of carbonyl (C=O) groups is 4. The quantitative estimate of drug-likeness (QED) is 0.0782. The zero-order chi connectivity index (χ0) is 51.8. The molecule has 2 unspecified atom stereocenters. The lowest BCUT2D eigenvalue weighted by Gasteiger charge is -2.39. The van der Waals surface area contributed by atoms with Crippen molar-refractivity contribution in [3.05, 3.63) is 131 Å². The largest absolute Gasteiger partial charge is 0.425 e. The van der Waals surface area contributed by atoms with Crippen LogP contribution in [0.3, 0.4) is 0 Å². The average molecular weight is 1030 g/mol. The van der Waals surface area contributed by atoms with Crippen molar-refractivity contribution in [1.82, 2.24) is 19.6 Å². The summed E-state index contributed by atoms with van der Waals surface area (Å²) in [6.07, 6.45) is 1.08. The number of amides is 2. The summed E-state index contributed by atoms with van der Waals surface area (Å²) in [4.78, 5) is 62.8. The van der Waals surface area contributed by atoms with Crippen molar-refractivity contribution in [2.45, 2.75) is 114 Å². The van der Waals surface area contributed by atoms with Crippen molar-refractivity contribution >= 4 is 23.8 Å². The molecule has 398 valence electrons. The third-order valence-electron chi connectivity index (χ3n) is 14.0. The van der Waals surface area contributed by atoms with Crippen LogP contribution in [0.2, 0.25) is 0 Å². The van der Waals surface area contributed by atoms with Gasteiger partial charge in [0.05, 0.1) is 39.3 Å². The molecule has 74 heavy (non-hydrogen) atoms. The number of carbonyl (C=O) groups excluding carboxylic acids is 4. The number of aliphatic hydroxyl groups excluding tert-OH is 2. The maximum atomic E-state index is 14.1. The Bertz CT molecular complexity index is 2270. The molecule has 2 N–H and O–H groups in total. The SMILES string of the molecule is O=C(Oc1cccc(CC(=O)N(Cc2ccc(F)cc2)C2CCN(CCC3OCCCO3)CC2)c1)C(O)C(O)C(=O)Oc1cccc(CC(=O)N(Cc2ccc(F)cc2)C2CCN(CCC3OCCCO3)CC2)c1. The van der Waals surface area contributed by atoms with Gasteiger partial charge < -0.3 is 58.2 Å². The van der Waals surface area contributed by atoms with Gasteiger partial charge in [0.2, 0.25) is 11.8 Å². The molecular weight excluding hydrogens is 959 g/mol. The van der Waals surface area contributed by atoms with Gasteiger partial charge in [0, 0.05) is 77.3 Å². The van der Waals surface area contributed by atoms with Gasteiger partial charge in [-0.15, -0.1) is 0 Å². The Morgan fingerprint density at radius 2 is 0.905 bits per heavy atom. The van der Waals surface area contributed by atoms with Crippen LogP contribution >= 0.6 is 0 Å². The molecule has 0 aliphatic carbocycles. The maximum Gasteiger partial charge on any atom is 0.343 e. The number of piperidine rings is 2. The fourth-order valence-corrected chi connectivity index (χ4v) is 9.91. The van der Waals surface area contributed by atoms with E-state index in [1.54, 1.807) is 48.5 Å². The Labute approximate surface area is 431 Å². The molecule has 0 radical (unpaired) electrons. The first-order valence-corrected chi connectivity index (χ1v) is 25.9. The van der Waals surface area contributed by atoms with Gasteiger partial charge >= 0.3 is 11.9 Å². The summed E-state index contributed by atoms with van der Waals surface area (Å²) in [5.74, 6) is -3.83. The summed E-state index contributed by atoms with van der Waals surface area (Å²) < 4.78 is 61.3. The first-order chi connectivity index (χ1) is 35.9. The second-order valence-corrected chi connectivity index (χ2v) is 19.4. The van der Waals surface area contributed by atoms with Crippen molar-refractivity contribution in [3.8, 4) is 11.5 Å². The van der Waals surface area contributed by atoms with Crippen LogP contribution in [0.5, 0.6) is 11.5 Å². The molecule has 4 saturated heterocycles. The maximum absolute atomic E-state index is 14.1. The van der Waals surface area contributed by atoms with Gasteiger partial charge in [-0.1, -0.05) is 48.5 Å². The summed E-state index contributed by atoms with van der Waals surface area (Å²) in [5, 5.41) is 21.6. The molecular formula is C56H68F2N4O12. The molecule has 4 aromatic carbocycles. The fourth-order valence-electron chi connectivity index (χ4n) is 9.91. The highest BCUT2D eigenvalue weighted by Gasteiger charge is 2.35. The Morgan fingerprint density at radius 1 is 0.541 bits per heavy atom. The van der Waals surface area contributed by atoms with E-state index in [1.165, 1.54) is 48.5 Å². The minimum Gasteiger partial charge on any atom is -0.425 e. The van der Waals surface area contributed by atoms with Gasteiger partial charge in [-0.25, -0.2) is 18.4 Å². The average Bonchev–Trinajstić information content (AvgIpc) is 3.42. The van der Waals surface area contributed by atoms with Crippen LogP contribution in [0.1, 0.15) is 73.6 Å². The molecule has 4 aromatic rings. The zero-order valence-corrected chi connectivity index (χ0v) is 41.8. The predicted octanol–water partition coefficient (Wildman–Crippen LogP) is 5.58. The number of benzene rings is 4. The predicted molar refractivity (Wildman–Crippen MR) is 266 cm³/mol. The number of ether oxygens (including phenoxy) is 6. The van der Waals surface area contributed by atoms with E-state index in [4.69, 9.17) is 28.4 Å². The van der Waals surface area contributed by atoms with Crippen LogP contribution < -0.4 is 9.47 Å². The Hall–Kier alpha value is -5.70. The Morgan fingerprint density at radius 3 is 1.27 bits per heavy atom. The molecule has 4 fully saturated rings. The van der Waals surface area contributed by atoms with E-state index in [1.807, 2.05) is 9.80 Å². The summed E-state index contributed by atoms with van der Waals surface area (Å²) >= 11 is 0. The molecule has 0 aromatic heterocycles. The summed E-state index contributed by atoms with van der Waals surface area (Å²) in [6.45, 7) is 8.08. The Kier molecular flexibility index (Phi) is 20.0. The zero-order valence-electron chi connectivity index (χ0n) is 41.8. The minimum atomic E-state index is -2.34. The first-order valence-electron chi connectivity index (χ1n) is 25.9. The summed E-state index contributed by atoms with van der Waals surface area (Å²) in [7, 11) is 0. The lowest BCUT2D eigenvalue weighted by molar-refractivity contribution is -0.183. The van der Waals surface area contributed by atoms with E-state index in [9.17, 15) is 38.2 Å². The second kappa shape index (κ2) is 27.2. The number of halogens is 2. The fraction of sp³-hybridized carbons (Fsp3) is 0.500. The molecule has 4 heterocycles. The number of esters is 2. The van der Waals surface area contributed by atoms with Crippen molar-refractivity contribution < 1.29 is 66.6 Å². The minimum absolute atomic E-state index is 0.0273.